The molecule has 0 aliphatic rings. The molecule has 0 aromatic carbocycles. The molecule has 0 heterocycles. The van der Waals surface area contributed by atoms with Gasteiger partial charge in [-0.2, -0.15) is 0 Å². The van der Waals surface area contributed by atoms with E-state index in [1.165, 1.54) is 5.57 Å². The van der Waals surface area contributed by atoms with Crippen molar-refractivity contribution in [2.75, 3.05) is 0 Å². The molecule has 98 valence electrons. The van der Waals surface area contributed by atoms with Crippen molar-refractivity contribution in [3.8, 4) is 0 Å². The van der Waals surface area contributed by atoms with Crippen molar-refractivity contribution in [2.45, 2.75) is 43.0 Å². The van der Waals surface area contributed by atoms with Crippen LogP contribution in [0.3, 0.4) is 0 Å². The van der Waals surface area contributed by atoms with Gasteiger partial charge >= 0.3 is 0 Å². The Kier molecular flexibility index (Phi) is 6.60. The molecule has 1 atom stereocenters. The first-order valence-electron chi connectivity index (χ1n) is 5.22. The van der Waals surface area contributed by atoms with E-state index in [1.54, 1.807) is 6.08 Å². The summed E-state index contributed by atoms with van der Waals surface area (Å²) < 4.78 is 3.54. The Morgan fingerprint density at radius 2 is 1.88 bits per heavy atom. The van der Waals surface area contributed by atoms with Crippen molar-refractivity contribution in [2.24, 2.45) is 0 Å². The quantitative estimate of drug-likeness (QED) is 0.328. The molecule has 0 amide bonds. The number of alkyl halides is 3. The van der Waals surface area contributed by atoms with Crippen LogP contribution < -0.4 is 0 Å². The van der Waals surface area contributed by atoms with Gasteiger partial charge in [0.05, 0.1) is 0 Å². The summed E-state index contributed by atoms with van der Waals surface area (Å²) in [4.78, 5) is 0. The van der Waals surface area contributed by atoms with E-state index in [0.717, 1.165) is 6.42 Å². The minimum absolute atomic E-state index is 0.387. The fourth-order valence-electron chi connectivity index (χ4n) is 1.13. The zero-order chi connectivity index (χ0) is 13.7. The van der Waals surface area contributed by atoms with Crippen LogP contribution in [0, 0.1) is 5.41 Å². The van der Waals surface area contributed by atoms with E-state index in [0.29, 0.717) is 6.42 Å². The molecule has 0 saturated heterocycles. The third-order valence-corrected chi connectivity index (χ3v) is 2.73. The van der Waals surface area contributed by atoms with Crippen LogP contribution in [0.5, 0.6) is 0 Å². The number of nitrogens with one attached hydrogen (secondary N) is 1. The van der Waals surface area contributed by atoms with E-state index in [4.69, 9.17) is 44.9 Å². The average molecular weight is 299 g/mol. The maximum Gasteiger partial charge on any atom is 0.265 e. The van der Waals surface area contributed by atoms with Crippen molar-refractivity contribution in [3.05, 3.63) is 24.3 Å². The molecule has 0 saturated carbocycles. The smallest absolute Gasteiger partial charge is 0.265 e. The second-order valence-electron chi connectivity index (χ2n) is 4.27. The lowest BCUT2D eigenvalue weighted by Crippen LogP contribution is -2.34. The molecule has 0 aliphatic heterocycles. The van der Waals surface area contributed by atoms with Gasteiger partial charge < -0.3 is 4.74 Å². The van der Waals surface area contributed by atoms with Gasteiger partial charge in [0, 0.05) is 0 Å². The van der Waals surface area contributed by atoms with E-state index in [2.05, 4.69) is 12.7 Å². The molecule has 0 rings (SSSR count). The molecule has 0 aromatic rings. The summed E-state index contributed by atoms with van der Waals surface area (Å²) in [5, 5.41) is 7.54. The number of halogens is 3. The minimum Gasteiger partial charge on any atom is -0.467 e. The average Bonchev–Trinajstić information content (AvgIpc) is 2.15. The monoisotopic (exact) mass is 297 g/mol. The first-order valence-corrected chi connectivity index (χ1v) is 6.36. The largest absolute Gasteiger partial charge is 0.467 e. The van der Waals surface area contributed by atoms with E-state index in [-0.39, 0.29) is 5.90 Å². The van der Waals surface area contributed by atoms with Gasteiger partial charge in [-0.25, -0.2) is 0 Å². The summed E-state index contributed by atoms with van der Waals surface area (Å²) in [6, 6.07) is 0. The summed E-state index contributed by atoms with van der Waals surface area (Å²) in [5.41, 5.74) is 0.528. The summed E-state index contributed by atoms with van der Waals surface area (Å²) >= 11 is 16.7. The van der Waals surface area contributed by atoms with Gasteiger partial charge in [-0.05, 0) is 39.7 Å². The molecule has 17 heavy (non-hydrogen) atoms. The van der Waals surface area contributed by atoms with Gasteiger partial charge in [0.15, 0.2) is 0 Å². The van der Waals surface area contributed by atoms with Crippen molar-refractivity contribution in [1.29, 1.82) is 5.41 Å². The van der Waals surface area contributed by atoms with Crippen LogP contribution in [0.1, 0.15) is 33.6 Å². The number of hydrogen-bond acceptors (Lipinski definition) is 2. The topological polar surface area (TPSA) is 33.1 Å². The van der Waals surface area contributed by atoms with E-state index in [9.17, 15) is 0 Å². The summed E-state index contributed by atoms with van der Waals surface area (Å²) in [5.74, 6) is -0.387. The Labute approximate surface area is 118 Å². The van der Waals surface area contributed by atoms with Gasteiger partial charge in [-0.15, -0.1) is 0 Å². The number of allylic oxidation sites excluding steroid dienone is 2. The Balaban J connectivity index is 4.53. The van der Waals surface area contributed by atoms with Crippen LogP contribution in [0.2, 0.25) is 0 Å². The highest BCUT2D eigenvalue weighted by molar-refractivity contribution is 6.76. The summed E-state index contributed by atoms with van der Waals surface area (Å²) in [6.07, 6.45) is 5.20. The minimum atomic E-state index is -1.83. The van der Waals surface area contributed by atoms with Crippen LogP contribution in [-0.2, 0) is 4.74 Å². The van der Waals surface area contributed by atoms with Crippen LogP contribution in [0.25, 0.3) is 0 Å². The Hall–Kier alpha value is -0.180. The van der Waals surface area contributed by atoms with Crippen LogP contribution >= 0.6 is 34.8 Å². The molecule has 1 unspecified atom stereocenters. The zero-order valence-electron chi connectivity index (χ0n) is 10.3. The third-order valence-electron chi connectivity index (χ3n) is 2.22. The first kappa shape index (κ1) is 16.8. The van der Waals surface area contributed by atoms with Crippen LogP contribution in [0.15, 0.2) is 24.3 Å². The highest BCUT2D eigenvalue weighted by Gasteiger charge is 2.34. The Morgan fingerprint density at radius 1 is 1.35 bits per heavy atom. The normalized spacial score (nSPS) is 14.7. The van der Waals surface area contributed by atoms with Crippen molar-refractivity contribution >= 4 is 40.7 Å². The number of rotatable bonds is 5. The molecular weight excluding hydrogens is 280 g/mol. The van der Waals surface area contributed by atoms with E-state index < -0.39 is 9.39 Å². The predicted octanol–water partition coefficient (Wildman–Crippen LogP) is 5.04. The lowest BCUT2D eigenvalue weighted by atomic mass is 9.99. The molecule has 0 radical (unpaired) electrons. The van der Waals surface area contributed by atoms with Gasteiger partial charge in [0.1, 0.15) is 5.60 Å². The second-order valence-corrected chi connectivity index (χ2v) is 6.55. The zero-order valence-corrected chi connectivity index (χ0v) is 12.6. The molecule has 1 N–H and O–H groups in total. The van der Waals surface area contributed by atoms with E-state index in [1.807, 2.05) is 20.8 Å². The molecule has 0 spiro atoms. The van der Waals surface area contributed by atoms with Gasteiger partial charge in [-0.1, -0.05) is 53.0 Å². The maximum atomic E-state index is 7.54. The third kappa shape index (κ3) is 6.97. The lowest BCUT2D eigenvalue weighted by Gasteiger charge is -2.29. The fourth-order valence-corrected chi connectivity index (χ4v) is 1.25. The Bertz CT molecular complexity index is 316. The molecule has 0 aromatic heterocycles. The van der Waals surface area contributed by atoms with E-state index >= 15 is 0 Å². The SMILES string of the molecule is C=CC(C)(CCC=C(C)C)OC(=N)C(Cl)(Cl)Cl. The predicted molar refractivity (Wildman–Crippen MR) is 76.4 cm³/mol. The first-order chi connectivity index (χ1) is 7.60. The highest BCUT2D eigenvalue weighted by Crippen LogP contribution is 2.31. The van der Waals surface area contributed by atoms with Crippen molar-refractivity contribution < 1.29 is 4.74 Å². The van der Waals surface area contributed by atoms with Gasteiger partial charge in [0.25, 0.3) is 3.79 Å². The molecule has 5 heteroatoms. The number of ether oxygens (including phenoxy) is 1. The Morgan fingerprint density at radius 3 is 2.24 bits per heavy atom. The molecular formula is C12H18Cl3NO. The standard InChI is InChI=1S/C12H18Cl3NO/c1-5-11(4,8-6-7-9(2)3)17-10(16)12(13,14)15/h5,7,16H,1,6,8H2,2-4H3. The van der Waals surface area contributed by atoms with Crippen molar-refractivity contribution in [3.63, 3.8) is 0 Å². The number of hydrogen-bond donors (Lipinski definition) is 1. The summed E-state index contributed by atoms with van der Waals surface area (Å²) in [6.45, 7) is 9.55. The molecule has 0 aliphatic carbocycles. The lowest BCUT2D eigenvalue weighted by molar-refractivity contribution is 0.113. The van der Waals surface area contributed by atoms with Gasteiger partial charge in [0.2, 0.25) is 5.90 Å². The summed E-state index contributed by atoms with van der Waals surface area (Å²) in [7, 11) is 0. The van der Waals surface area contributed by atoms with Gasteiger partial charge in [-0.3, -0.25) is 5.41 Å². The highest BCUT2D eigenvalue weighted by atomic mass is 35.6. The molecule has 2 nitrogen and oxygen atoms in total. The second kappa shape index (κ2) is 6.67. The van der Waals surface area contributed by atoms with Crippen LogP contribution in [-0.4, -0.2) is 15.3 Å². The molecule has 0 bridgehead atoms. The van der Waals surface area contributed by atoms with Crippen LogP contribution in [0.4, 0.5) is 0 Å². The fraction of sp³-hybridized carbons (Fsp3) is 0.583. The maximum absolute atomic E-state index is 7.54. The van der Waals surface area contributed by atoms with Crippen molar-refractivity contribution in [1.82, 2.24) is 0 Å². The molecule has 0 fully saturated rings.